The molecule has 7 nitrogen and oxygen atoms in total. The van der Waals surface area contributed by atoms with Crippen LogP contribution in [-0.4, -0.2) is 37.1 Å². The van der Waals surface area contributed by atoms with Crippen molar-refractivity contribution in [3.05, 3.63) is 107 Å². The average molecular weight is 508 g/mol. The van der Waals surface area contributed by atoms with Crippen LogP contribution in [0, 0.1) is 23.7 Å². The van der Waals surface area contributed by atoms with E-state index in [1.165, 1.54) is 29.2 Å². The molecule has 0 radical (unpaired) electrons. The molecule has 0 unspecified atom stereocenters. The van der Waals surface area contributed by atoms with Gasteiger partial charge in [0.25, 0.3) is 0 Å². The first-order chi connectivity index (χ1) is 18.4. The van der Waals surface area contributed by atoms with Gasteiger partial charge in [-0.2, -0.15) is 0 Å². The van der Waals surface area contributed by atoms with Gasteiger partial charge in [0, 0.05) is 11.8 Å². The van der Waals surface area contributed by atoms with Crippen LogP contribution in [0.25, 0.3) is 5.57 Å². The number of aromatic carboxylic acids is 1. The minimum absolute atomic E-state index is 0.101. The molecule has 38 heavy (non-hydrogen) atoms. The van der Waals surface area contributed by atoms with Gasteiger partial charge < -0.3 is 14.6 Å². The van der Waals surface area contributed by atoms with Gasteiger partial charge in [0.2, 0.25) is 11.8 Å². The Morgan fingerprint density at radius 2 is 1.11 bits per heavy atom. The first kappa shape index (κ1) is 23.7. The fourth-order valence-corrected chi connectivity index (χ4v) is 6.12. The zero-order valence-electron chi connectivity index (χ0n) is 20.8. The molecule has 4 atom stereocenters. The molecule has 6 rings (SSSR count). The molecule has 3 aromatic rings. The summed E-state index contributed by atoms with van der Waals surface area (Å²) in [5, 5.41) is 9.21. The maximum atomic E-state index is 13.7. The first-order valence-electron chi connectivity index (χ1n) is 12.4. The van der Waals surface area contributed by atoms with E-state index in [-0.39, 0.29) is 29.2 Å². The molecule has 1 saturated carbocycles. The first-order valence-corrected chi connectivity index (χ1v) is 12.4. The topological polar surface area (TPSA) is 93.1 Å². The zero-order valence-corrected chi connectivity index (χ0v) is 20.8. The van der Waals surface area contributed by atoms with Crippen molar-refractivity contribution in [3.8, 4) is 11.5 Å². The third-order valence-corrected chi connectivity index (χ3v) is 7.83. The van der Waals surface area contributed by atoms with E-state index in [2.05, 4.69) is 12.2 Å². The molecule has 1 aliphatic heterocycles. The fourth-order valence-electron chi connectivity index (χ4n) is 6.12. The molecular formula is C31H25NO6. The SMILES string of the molecule is COc1ccc(C(=C2[C@H]3C=C[C@H]2[C@H]2C(=O)N(c4ccc(C(=O)O)cc4)C(=O)[C@H]23)c2ccc(OC)cc2)cc1. The number of carbonyl (C=O) groups excluding carboxylic acids is 2. The quantitative estimate of drug-likeness (QED) is 0.380. The summed E-state index contributed by atoms with van der Waals surface area (Å²) in [5.74, 6) is -1.51. The van der Waals surface area contributed by atoms with E-state index in [1.54, 1.807) is 14.2 Å². The van der Waals surface area contributed by atoms with Gasteiger partial charge in [0.15, 0.2) is 0 Å². The minimum atomic E-state index is -1.06. The van der Waals surface area contributed by atoms with Crippen LogP contribution in [0.5, 0.6) is 11.5 Å². The summed E-state index contributed by atoms with van der Waals surface area (Å²) >= 11 is 0. The third-order valence-electron chi connectivity index (χ3n) is 7.83. The number of nitrogens with zero attached hydrogens (tertiary/aromatic N) is 1. The molecule has 7 heteroatoms. The van der Waals surface area contributed by atoms with Crippen molar-refractivity contribution >= 4 is 29.0 Å². The van der Waals surface area contributed by atoms with Crippen LogP contribution in [0.4, 0.5) is 5.69 Å². The maximum absolute atomic E-state index is 13.7. The Bertz CT molecular complexity index is 1420. The van der Waals surface area contributed by atoms with Gasteiger partial charge in [-0.1, -0.05) is 36.4 Å². The molecule has 0 spiro atoms. The van der Waals surface area contributed by atoms with Crippen LogP contribution < -0.4 is 14.4 Å². The summed E-state index contributed by atoms with van der Waals surface area (Å²) in [6, 6.07) is 21.5. The average Bonchev–Trinajstić information content (AvgIpc) is 3.58. The molecule has 2 bridgehead atoms. The monoisotopic (exact) mass is 507 g/mol. The number of carbonyl (C=O) groups is 3. The van der Waals surface area contributed by atoms with E-state index in [1.807, 2.05) is 48.5 Å². The standard InChI is InChI=1S/C31H25NO6/c1-37-21-11-5-17(6-12-21)25(18-7-13-22(38-2)14-8-18)26-23-15-16-24(26)28-27(23)29(33)32(30(28)34)20-9-3-19(4-10-20)31(35)36/h3-16,23-24,27-28H,1-2H3,(H,35,36)/t23-,24-,27-,28+/m1/s1. The van der Waals surface area contributed by atoms with Gasteiger partial charge in [0.1, 0.15) is 11.5 Å². The maximum Gasteiger partial charge on any atom is 0.335 e. The number of allylic oxidation sites excluding steroid dienone is 3. The second kappa shape index (κ2) is 9.03. The predicted octanol–water partition coefficient (Wildman–Crippen LogP) is 4.83. The Balaban J connectivity index is 1.44. The lowest BCUT2D eigenvalue weighted by Crippen LogP contribution is -2.33. The fraction of sp³-hybridized carbons (Fsp3) is 0.194. The summed E-state index contributed by atoms with van der Waals surface area (Å²) < 4.78 is 10.7. The van der Waals surface area contributed by atoms with Crippen LogP contribution >= 0.6 is 0 Å². The van der Waals surface area contributed by atoms with Crippen molar-refractivity contribution in [2.24, 2.45) is 23.7 Å². The van der Waals surface area contributed by atoms with Crippen molar-refractivity contribution in [1.29, 1.82) is 0 Å². The zero-order chi connectivity index (χ0) is 26.6. The summed E-state index contributed by atoms with van der Waals surface area (Å²) in [6.07, 6.45) is 4.10. The number of ether oxygens (including phenoxy) is 2. The molecular weight excluding hydrogens is 482 g/mol. The van der Waals surface area contributed by atoms with Gasteiger partial charge in [-0.3, -0.25) is 9.59 Å². The van der Waals surface area contributed by atoms with Gasteiger partial charge in [-0.15, -0.1) is 0 Å². The second-order valence-corrected chi connectivity index (χ2v) is 9.64. The highest BCUT2D eigenvalue weighted by Crippen LogP contribution is 2.59. The van der Waals surface area contributed by atoms with Crippen molar-refractivity contribution in [2.45, 2.75) is 0 Å². The Hall–Kier alpha value is -4.65. The molecule has 1 N–H and O–H groups in total. The number of carboxylic acids is 1. The summed E-state index contributed by atoms with van der Waals surface area (Å²) in [7, 11) is 3.25. The largest absolute Gasteiger partial charge is 0.497 e. The lowest BCUT2D eigenvalue weighted by Gasteiger charge is -2.22. The number of carboxylic acid groups (broad SMARTS) is 1. The van der Waals surface area contributed by atoms with Gasteiger partial charge in [0.05, 0.1) is 37.3 Å². The molecule has 1 heterocycles. The molecule has 2 fully saturated rings. The highest BCUT2D eigenvalue weighted by molar-refractivity contribution is 6.23. The van der Waals surface area contributed by atoms with E-state index in [4.69, 9.17) is 9.47 Å². The van der Waals surface area contributed by atoms with Gasteiger partial charge in [-0.05, 0) is 70.8 Å². The highest BCUT2D eigenvalue weighted by atomic mass is 16.5. The smallest absolute Gasteiger partial charge is 0.335 e. The molecule has 3 aliphatic rings. The number of hydrogen-bond acceptors (Lipinski definition) is 5. The molecule has 0 aromatic heterocycles. The predicted molar refractivity (Wildman–Crippen MR) is 141 cm³/mol. The van der Waals surface area contributed by atoms with E-state index in [0.29, 0.717) is 5.69 Å². The van der Waals surface area contributed by atoms with Crippen molar-refractivity contribution in [1.82, 2.24) is 0 Å². The van der Waals surface area contributed by atoms with Gasteiger partial charge in [-0.25, -0.2) is 9.69 Å². The second-order valence-electron chi connectivity index (χ2n) is 9.64. The number of imide groups is 1. The van der Waals surface area contributed by atoms with E-state index in [0.717, 1.165) is 33.8 Å². The van der Waals surface area contributed by atoms with Crippen LogP contribution in [0.15, 0.2) is 90.5 Å². The van der Waals surface area contributed by atoms with Crippen LogP contribution in [0.2, 0.25) is 0 Å². The normalized spacial score (nSPS) is 23.1. The molecule has 190 valence electrons. The number of amides is 2. The Kier molecular flexibility index (Phi) is 5.64. The van der Waals surface area contributed by atoms with E-state index < -0.39 is 17.8 Å². The Morgan fingerprint density at radius 3 is 1.50 bits per heavy atom. The van der Waals surface area contributed by atoms with E-state index >= 15 is 0 Å². The summed E-state index contributed by atoms with van der Waals surface area (Å²) in [4.78, 5) is 39.9. The number of hydrogen-bond donors (Lipinski definition) is 1. The number of fused-ring (bicyclic) bond motifs is 5. The highest BCUT2D eigenvalue weighted by Gasteiger charge is 2.62. The Labute approximate surface area is 219 Å². The summed E-state index contributed by atoms with van der Waals surface area (Å²) in [6.45, 7) is 0. The van der Waals surface area contributed by atoms with Crippen LogP contribution in [0.3, 0.4) is 0 Å². The molecule has 3 aromatic carbocycles. The minimum Gasteiger partial charge on any atom is -0.497 e. The summed E-state index contributed by atoms with van der Waals surface area (Å²) in [5.41, 5.74) is 4.52. The third kappa shape index (κ3) is 3.54. The molecule has 2 amide bonds. The lowest BCUT2D eigenvalue weighted by atomic mass is 9.85. The van der Waals surface area contributed by atoms with Crippen molar-refractivity contribution in [3.63, 3.8) is 0 Å². The van der Waals surface area contributed by atoms with Crippen LogP contribution in [0.1, 0.15) is 21.5 Å². The Morgan fingerprint density at radius 1 is 0.684 bits per heavy atom. The lowest BCUT2D eigenvalue weighted by molar-refractivity contribution is -0.122. The number of benzene rings is 3. The van der Waals surface area contributed by atoms with E-state index in [9.17, 15) is 19.5 Å². The van der Waals surface area contributed by atoms with Crippen LogP contribution in [-0.2, 0) is 9.59 Å². The number of methoxy groups -OCH3 is 2. The van der Waals surface area contributed by atoms with Crippen molar-refractivity contribution < 1.29 is 29.0 Å². The molecule has 1 saturated heterocycles. The molecule has 2 aliphatic carbocycles. The number of anilines is 1. The van der Waals surface area contributed by atoms with Crippen molar-refractivity contribution in [2.75, 3.05) is 19.1 Å². The number of rotatable bonds is 6. The van der Waals surface area contributed by atoms with Gasteiger partial charge >= 0.3 is 5.97 Å².